The number of nitrogens with one attached hydrogen (secondary N) is 3. The fourth-order valence-corrected chi connectivity index (χ4v) is 6.32. The molecule has 3 aliphatic heterocycles. The van der Waals surface area contributed by atoms with Crippen molar-refractivity contribution in [2.75, 3.05) is 38.2 Å². The number of carbonyl (C=O) groups excluding carboxylic acids is 3. The van der Waals surface area contributed by atoms with Gasteiger partial charge in [-0.2, -0.15) is 8.78 Å². The highest BCUT2D eigenvalue weighted by atomic mass is 19.3. The maximum atomic E-state index is 13.8. The van der Waals surface area contributed by atoms with E-state index in [1.807, 2.05) is 30.3 Å². The molecular formula is C33H40F2N4O5. The number of amides is 3. The number of piperidine rings is 1. The van der Waals surface area contributed by atoms with E-state index in [2.05, 4.69) is 37.7 Å². The van der Waals surface area contributed by atoms with E-state index in [1.165, 1.54) is 24.3 Å². The van der Waals surface area contributed by atoms with Crippen molar-refractivity contribution >= 4 is 23.4 Å². The largest absolute Gasteiger partial charge is 0.435 e. The molecule has 9 nitrogen and oxygen atoms in total. The molecule has 2 fully saturated rings. The van der Waals surface area contributed by atoms with Gasteiger partial charge in [0.25, 0.3) is 0 Å². The molecule has 0 radical (unpaired) electrons. The van der Waals surface area contributed by atoms with Crippen LogP contribution < -0.4 is 20.7 Å². The molecule has 11 heteroatoms. The summed E-state index contributed by atoms with van der Waals surface area (Å²) in [6.45, 7) is -0.522. The Bertz CT molecular complexity index is 1300. The maximum Gasteiger partial charge on any atom is 0.387 e. The zero-order valence-electron chi connectivity index (χ0n) is 24.7. The van der Waals surface area contributed by atoms with Crippen LogP contribution in [0.5, 0.6) is 5.75 Å². The molecule has 3 heterocycles. The number of carbonyl (C=O) groups is 3. The molecule has 5 rings (SSSR count). The lowest BCUT2D eigenvalue weighted by atomic mass is 9.75. The molecule has 1 spiro atoms. The van der Waals surface area contributed by atoms with Gasteiger partial charge in [0.1, 0.15) is 11.8 Å². The lowest BCUT2D eigenvalue weighted by Gasteiger charge is -2.40. The van der Waals surface area contributed by atoms with Crippen molar-refractivity contribution in [2.45, 2.75) is 57.2 Å². The Kier molecular flexibility index (Phi) is 10.6. The highest BCUT2D eigenvalue weighted by Crippen LogP contribution is 2.36. The highest BCUT2D eigenvalue weighted by Gasteiger charge is 2.41. The summed E-state index contributed by atoms with van der Waals surface area (Å²) in [5.74, 6) is -0.428. The van der Waals surface area contributed by atoms with Gasteiger partial charge in [-0.3, -0.25) is 19.3 Å². The van der Waals surface area contributed by atoms with Gasteiger partial charge in [0.15, 0.2) is 0 Å². The van der Waals surface area contributed by atoms with E-state index < -0.39 is 18.1 Å². The van der Waals surface area contributed by atoms with Gasteiger partial charge in [0.05, 0.1) is 12.0 Å². The third-order valence-electron chi connectivity index (χ3n) is 8.83. The minimum Gasteiger partial charge on any atom is -0.435 e. The van der Waals surface area contributed by atoms with Gasteiger partial charge in [-0.15, -0.1) is 0 Å². The van der Waals surface area contributed by atoms with Crippen molar-refractivity contribution in [2.24, 2.45) is 11.3 Å². The van der Waals surface area contributed by atoms with Gasteiger partial charge in [0.2, 0.25) is 17.7 Å². The lowest BCUT2D eigenvalue weighted by molar-refractivity contribution is -0.140. The number of fused-ring (bicyclic) bond motifs is 1. The molecule has 0 saturated carbocycles. The molecule has 2 saturated heterocycles. The molecule has 236 valence electrons. The molecule has 3 amide bonds. The Hall–Kier alpha value is -3.83. The molecule has 2 aromatic carbocycles. The molecule has 0 unspecified atom stereocenters. The molecule has 44 heavy (non-hydrogen) atoms. The molecule has 3 atom stereocenters. The maximum absolute atomic E-state index is 13.8. The van der Waals surface area contributed by atoms with Gasteiger partial charge in [-0.25, -0.2) is 0 Å². The van der Waals surface area contributed by atoms with Crippen LogP contribution in [0.4, 0.5) is 14.5 Å². The highest BCUT2D eigenvalue weighted by molar-refractivity contribution is 5.92. The first kappa shape index (κ1) is 31.6. The summed E-state index contributed by atoms with van der Waals surface area (Å²) >= 11 is 0. The second-order valence-corrected chi connectivity index (χ2v) is 11.9. The number of rotatable bonds is 7. The van der Waals surface area contributed by atoms with Crippen molar-refractivity contribution in [3.8, 4) is 5.75 Å². The SMILES string of the molecule is O=C(CN1CC[C@H]2NC(=O)[C@H](Cc3ccccc3)NC(=O)C3(CC=CC[C@H]2C1)CCOCC3)Nc1ccc(OC(F)F)cc1. The molecule has 0 aliphatic carbocycles. The van der Waals surface area contributed by atoms with Crippen LogP contribution in [-0.2, 0) is 25.5 Å². The number of allylic oxidation sites excluding steroid dienone is 2. The van der Waals surface area contributed by atoms with Crippen molar-refractivity contribution < 1.29 is 32.6 Å². The number of hydrogen-bond acceptors (Lipinski definition) is 6. The Balaban J connectivity index is 1.27. The zero-order valence-corrected chi connectivity index (χ0v) is 24.7. The van der Waals surface area contributed by atoms with Gasteiger partial charge in [-0.05, 0) is 67.9 Å². The average molecular weight is 611 g/mol. The van der Waals surface area contributed by atoms with E-state index in [0.717, 1.165) is 5.56 Å². The van der Waals surface area contributed by atoms with Crippen LogP contribution in [0.15, 0.2) is 66.7 Å². The summed E-state index contributed by atoms with van der Waals surface area (Å²) in [5, 5.41) is 9.17. The van der Waals surface area contributed by atoms with Gasteiger partial charge < -0.3 is 25.4 Å². The lowest BCUT2D eigenvalue weighted by Crippen LogP contribution is -2.58. The Morgan fingerprint density at radius 1 is 1.05 bits per heavy atom. The Morgan fingerprint density at radius 2 is 1.80 bits per heavy atom. The second kappa shape index (κ2) is 14.8. The number of benzene rings is 2. The molecule has 3 aliphatic rings. The van der Waals surface area contributed by atoms with Crippen molar-refractivity contribution in [1.29, 1.82) is 0 Å². The van der Waals surface area contributed by atoms with E-state index in [4.69, 9.17) is 4.74 Å². The smallest absolute Gasteiger partial charge is 0.387 e. The van der Waals surface area contributed by atoms with E-state index in [0.29, 0.717) is 70.5 Å². The van der Waals surface area contributed by atoms with Gasteiger partial charge in [0, 0.05) is 44.5 Å². The minimum atomic E-state index is -2.91. The Labute approximate surface area is 256 Å². The number of halogens is 2. The van der Waals surface area contributed by atoms with Crippen LogP contribution >= 0.6 is 0 Å². The summed E-state index contributed by atoms with van der Waals surface area (Å²) in [5.41, 5.74) is 0.832. The summed E-state index contributed by atoms with van der Waals surface area (Å²) in [7, 11) is 0. The monoisotopic (exact) mass is 610 g/mol. The molecule has 3 N–H and O–H groups in total. The first-order valence-corrected chi connectivity index (χ1v) is 15.2. The van der Waals surface area contributed by atoms with Crippen LogP contribution in [-0.4, -0.2) is 74.2 Å². The first-order valence-electron chi connectivity index (χ1n) is 15.2. The average Bonchev–Trinajstić information content (AvgIpc) is 3.01. The summed E-state index contributed by atoms with van der Waals surface area (Å²) in [4.78, 5) is 42.4. The normalized spacial score (nSPS) is 24.4. The molecule has 0 bridgehead atoms. The summed E-state index contributed by atoms with van der Waals surface area (Å²) in [6, 6.07) is 14.7. The third kappa shape index (κ3) is 8.41. The van der Waals surface area contributed by atoms with Gasteiger partial charge >= 0.3 is 6.61 Å². The van der Waals surface area contributed by atoms with Crippen molar-refractivity contribution in [1.82, 2.24) is 15.5 Å². The van der Waals surface area contributed by atoms with Crippen LogP contribution in [0.1, 0.15) is 37.7 Å². The predicted molar refractivity (Wildman–Crippen MR) is 161 cm³/mol. The zero-order chi connectivity index (χ0) is 30.9. The van der Waals surface area contributed by atoms with E-state index in [-0.39, 0.29) is 42.0 Å². The number of nitrogens with zero attached hydrogens (tertiary/aromatic N) is 1. The summed E-state index contributed by atoms with van der Waals surface area (Å²) < 4.78 is 34.8. The standard InChI is InChI=1S/C33H40F2N4O5/c34-32(35)44-26-11-9-25(10-12-26)36-29(40)22-39-17-13-27-24(21-39)8-4-5-14-33(15-18-43-19-16-33)31(42)38-28(30(41)37-27)20-23-6-2-1-3-7-23/h1-7,9-12,24,27-28,32H,8,13-22H2,(H,36,40)(H,37,41)(H,38,42)/t24-,27+,28-/m0/s1. The number of hydrogen-bond donors (Lipinski definition) is 3. The fourth-order valence-electron chi connectivity index (χ4n) is 6.32. The number of likely N-dealkylation sites (tertiary alicyclic amines) is 1. The molecule has 2 aromatic rings. The Morgan fingerprint density at radius 3 is 2.52 bits per heavy atom. The minimum absolute atomic E-state index is 0.0194. The van der Waals surface area contributed by atoms with Crippen LogP contribution in [0, 0.1) is 11.3 Å². The van der Waals surface area contributed by atoms with Crippen molar-refractivity contribution in [3.63, 3.8) is 0 Å². The fraction of sp³-hybridized carbons (Fsp3) is 0.485. The van der Waals surface area contributed by atoms with Crippen LogP contribution in [0.25, 0.3) is 0 Å². The van der Waals surface area contributed by atoms with Gasteiger partial charge in [-0.1, -0.05) is 42.5 Å². The van der Waals surface area contributed by atoms with Crippen LogP contribution in [0.2, 0.25) is 0 Å². The predicted octanol–water partition coefficient (Wildman–Crippen LogP) is 3.91. The van der Waals surface area contributed by atoms with Crippen LogP contribution in [0.3, 0.4) is 0 Å². The number of ether oxygens (including phenoxy) is 2. The van der Waals surface area contributed by atoms with Crippen molar-refractivity contribution in [3.05, 3.63) is 72.3 Å². The van der Waals surface area contributed by atoms with E-state index >= 15 is 0 Å². The summed E-state index contributed by atoms with van der Waals surface area (Å²) in [6.07, 6.45) is 7.71. The van der Waals surface area contributed by atoms with E-state index in [9.17, 15) is 23.2 Å². The number of alkyl halides is 2. The van der Waals surface area contributed by atoms with E-state index in [1.54, 1.807) is 0 Å². The first-order chi connectivity index (χ1) is 21.3. The quantitative estimate of drug-likeness (QED) is 0.411. The molecule has 0 aromatic heterocycles. The second-order valence-electron chi connectivity index (χ2n) is 11.9. The topological polar surface area (TPSA) is 109 Å². The third-order valence-corrected chi connectivity index (χ3v) is 8.83. The number of anilines is 1. The molecular weight excluding hydrogens is 570 g/mol.